The minimum atomic E-state index is 0.108. The summed E-state index contributed by atoms with van der Waals surface area (Å²) in [6.07, 6.45) is 5.09. The number of nitrogens with zero attached hydrogens (tertiary/aromatic N) is 1. The zero-order valence-corrected chi connectivity index (χ0v) is 8.03. The van der Waals surface area contributed by atoms with Crippen LogP contribution in [0.2, 0.25) is 0 Å². The second-order valence-corrected chi connectivity index (χ2v) is 3.26. The molecule has 0 saturated carbocycles. The van der Waals surface area contributed by atoms with Crippen molar-refractivity contribution in [3.63, 3.8) is 0 Å². The molecule has 1 unspecified atom stereocenters. The van der Waals surface area contributed by atoms with Gasteiger partial charge in [-0.05, 0) is 18.6 Å². The minimum Gasteiger partial charge on any atom is -0.484 e. The van der Waals surface area contributed by atoms with Crippen molar-refractivity contribution in [2.75, 3.05) is 0 Å². The SMILES string of the molecule is CCC1C=Cc2cccc(C#N)c2O1. The van der Waals surface area contributed by atoms with Gasteiger partial charge in [0.25, 0.3) is 0 Å². The Labute approximate surface area is 83.4 Å². The number of rotatable bonds is 1. The van der Waals surface area contributed by atoms with E-state index in [4.69, 9.17) is 10.00 Å². The molecule has 0 radical (unpaired) electrons. The summed E-state index contributed by atoms with van der Waals surface area (Å²) in [6, 6.07) is 7.75. The van der Waals surface area contributed by atoms with Gasteiger partial charge < -0.3 is 4.74 Å². The maximum Gasteiger partial charge on any atom is 0.145 e. The molecule has 0 fully saturated rings. The summed E-state index contributed by atoms with van der Waals surface area (Å²) >= 11 is 0. The topological polar surface area (TPSA) is 33.0 Å². The van der Waals surface area contributed by atoms with Crippen LogP contribution in [-0.2, 0) is 0 Å². The second-order valence-electron chi connectivity index (χ2n) is 3.26. The van der Waals surface area contributed by atoms with E-state index in [1.807, 2.05) is 24.3 Å². The normalized spacial score (nSPS) is 18.1. The van der Waals surface area contributed by atoms with Gasteiger partial charge in [-0.1, -0.05) is 25.1 Å². The summed E-state index contributed by atoms with van der Waals surface area (Å²) in [7, 11) is 0. The minimum absolute atomic E-state index is 0.108. The molecular weight excluding hydrogens is 174 g/mol. The molecule has 1 aliphatic rings. The summed E-state index contributed by atoms with van der Waals surface area (Å²) in [6.45, 7) is 2.06. The van der Waals surface area contributed by atoms with E-state index in [0.29, 0.717) is 5.56 Å². The molecule has 2 rings (SSSR count). The Morgan fingerprint density at radius 3 is 3.07 bits per heavy atom. The third-order valence-electron chi connectivity index (χ3n) is 2.33. The van der Waals surface area contributed by atoms with Crippen LogP contribution in [0.3, 0.4) is 0 Å². The molecule has 0 aliphatic carbocycles. The summed E-state index contributed by atoms with van der Waals surface area (Å²) in [4.78, 5) is 0. The Morgan fingerprint density at radius 1 is 1.50 bits per heavy atom. The first-order valence-electron chi connectivity index (χ1n) is 4.73. The van der Waals surface area contributed by atoms with Gasteiger partial charge >= 0.3 is 0 Å². The van der Waals surface area contributed by atoms with Crippen molar-refractivity contribution in [1.29, 1.82) is 5.26 Å². The maximum absolute atomic E-state index is 8.90. The number of nitriles is 1. The van der Waals surface area contributed by atoms with Gasteiger partial charge in [0.15, 0.2) is 0 Å². The standard InChI is InChI=1S/C12H11NO/c1-2-11-7-6-9-4-3-5-10(8-13)12(9)14-11/h3-7,11H,2H2,1H3. The van der Waals surface area contributed by atoms with Crippen molar-refractivity contribution in [2.24, 2.45) is 0 Å². The van der Waals surface area contributed by atoms with Gasteiger partial charge in [-0.2, -0.15) is 5.26 Å². The highest BCUT2D eigenvalue weighted by Gasteiger charge is 2.15. The number of benzene rings is 1. The van der Waals surface area contributed by atoms with Crippen molar-refractivity contribution in [2.45, 2.75) is 19.4 Å². The molecule has 1 aromatic carbocycles. The van der Waals surface area contributed by atoms with Gasteiger partial charge in [-0.3, -0.25) is 0 Å². The fraction of sp³-hybridized carbons (Fsp3) is 0.250. The van der Waals surface area contributed by atoms with Crippen LogP contribution in [0.15, 0.2) is 24.3 Å². The fourth-order valence-electron chi connectivity index (χ4n) is 1.53. The lowest BCUT2D eigenvalue weighted by Crippen LogP contribution is -2.16. The van der Waals surface area contributed by atoms with Crippen LogP contribution in [0.5, 0.6) is 5.75 Å². The molecule has 0 bridgehead atoms. The fourth-order valence-corrected chi connectivity index (χ4v) is 1.53. The molecule has 1 heterocycles. The van der Waals surface area contributed by atoms with Crippen molar-refractivity contribution in [3.8, 4) is 11.8 Å². The van der Waals surface area contributed by atoms with Crippen LogP contribution >= 0.6 is 0 Å². The van der Waals surface area contributed by atoms with Gasteiger partial charge in [-0.15, -0.1) is 0 Å². The molecule has 0 spiro atoms. The quantitative estimate of drug-likeness (QED) is 0.674. The molecule has 0 saturated heterocycles. The van der Waals surface area contributed by atoms with Crippen molar-refractivity contribution in [3.05, 3.63) is 35.4 Å². The second kappa shape index (κ2) is 3.55. The van der Waals surface area contributed by atoms with Crippen LogP contribution in [0, 0.1) is 11.3 Å². The number of hydrogen-bond acceptors (Lipinski definition) is 2. The van der Waals surface area contributed by atoms with Crippen LogP contribution in [-0.4, -0.2) is 6.10 Å². The Bertz CT molecular complexity index is 415. The van der Waals surface area contributed by atoms with Gasteiger partial charge in [-0.25, -0.2) is 0 Å². The van der Waals surface area contributed by atoms with Gasteiger partial charge in [0.1, 0.15) is 17.9 Å². The molecule has 1 atom stereocenters. The predicted octanol–water partition coefficient (Wildman–Crippen LogP) is 2.74. The largest absolute Gasteiger partial charge is 0.484 e. The van der Waals surface area contributed by atoms with Crippen molar-refractivity contribution < 1.29 is 4.74 Å². The lowest BCUT2D eigenvalue weighted by Gasteiger charge is -2.20. The third kappa shape index (κ3) is 1.38. The first-order chi connectivity index (χ1) is 6.85. The van der Waals surface area contributed by atoms with Crippen molar-refractivity contribution >= 4 is 6.08 Å². The van der Waals surface area contributed by atoms with E-state index < -0.39 is 0 Å². The highest BCUT2D eigenvalue weighted by atomic mass is 16.5. The average molecular weight is 185 g/mol. The molecule has 2 nitrogen and oxygen atoms in total. The third-order valence-corrected chi connectivity index (χ3v) is 2.33. The smallest absolute Gasteiger partial charge is 0.145 e. The zero-order valence-electron chi connectivity index (χ0n) is 8.03. The maximum atomic E-state index is 8.90. The van der Waals surface area contributed by atoms with E-state index in [-0.39, 0.29) is 6.10 Å². The van der Waals surface area contributed by atoms with E-state index in [1.54, 1.807) is 6.07 Å². The summed E-state index contributed by atoms with van der Waals surface area (Å²) < 4.78 is 5.69. The average Bonchev–Trinajstić information content (AvgIpc) is 2.27. The Balaban J connectivity index is 2.47. The highest BCUT2D eigenvalue weighted by molar-refractivity contribution is 5.64. The van der Waals surface area contributed by atoms with Crippen LogP contribution in [0.4, 0.5) is 0 Å². The van der Waals surface area contributed by atoms with E-state index in [9.17, 15) is 0 Å². The monoisotopic (exact) mass is 185 g/mol. The molecule has 1 aromatic rings. The summed E-state index contributed by atoms with van der Waals surface area (Å²) in [5, 5.41) is 8.90. The van der Waals surface area contributed by atoms with Crippen LogP contribution in [0.1, 0.15) is 24.5 Å². The number of ether oxygens (including phenoxy) is 1. The van der Waals surface area contributed by atoms with Gasteiger partial charge in [0.2, 0.25) is 0 Å². The van der Waals surface area contributed by atoms with Crippen LogP contribution in [0.25, 0.3) is 6.08 Å². The molecule has 0 amide bonds. The Hall–Kier alpha value is -1.75. The van der Waals surface area contributed by atoms with Crippen molar-refractivity contribution in [1.82, 2.24) is 0 Å². The molecule has 0 aromatic heterocycles. The van der Waals surface area contributed by atoms with E-state index in [2.05, 4.69) is 13.0 Å². The van der Waals surface area contributed by atoms with Crippen LogP contribution < -0.4 is 4.74 Å². The first-order valence-corrected chi connectivity index (χ1v) is 4.73. The molecule has 70 valence electrons. The molecule has 0 N–H and O–H groups in total. The number of hydrogen-bond donors (Lipinski definition) is 0. The highest BCUT2D eigenvalue weighted by Crippen LogP contribution is 2.30. The Morgan fingerprint density at radius 2 is 2.36 bits per heavy atom. The molecule has 1 aliphatic heterocycles. The Kier molecular flexibility index (Phi) is 2.24. The lowest BCUT2D eigenvalue weighted by molar-refractivity contribution is 0.241. The number of para-hydroxylation sites is 1. The summed E-state index contributed by atoms with van der Waals surface area (Å²) in [5.41, 5.74) is 1.61. The lowest BCUT2D eigenvalue weighted by atomic mass is 10.0. The van der Waals surface area contributed by atoms with E-state index >= 15 is 0 Å². The number of fused-ring (bicyclic) bond motifs is 1. The van der Waals surface area contributed by atoms with E-state index in [1.165, 1.54) is 0 Å². The molecule has 14 heavy (non-hydrogen) atoms. The van der Waals surface area contributed by atoms with Gasteiger partial charge in [0, 0.05) is 5.56 Å². The predicted molar refractivity (Wildman–Crippen MR) is 54.9 cm³/mol. The summed E-state index contributed by atoms with van der Waals surface area (Å²) in [5.74, 6) is 0.726. The molecule has 2 heteroatoms. The van der Waals surface area contributed by atoms with Gasteiger partial charge in [0.05, 0.1) is 5.56 Å². The molecular formula is C12H11NO. The van der Waals surface area contributed by atoms with E-state index in [0.717, 1.165) is 17.7 Å². The zero-order chi connectivity index (χ0) is 9.97. The first kappa shape index (κ1) is 8.83.